The fourth-order valence-corrected chi connectivity index (χ4v) is 2.09. The molecule has 1 aromatic heterocycles. The van der Waals surface area contributed by atoms with Crippen LogP contribution in [0.1, 0.15) is 30.3 Å². The first-order valence-electron chi connectivity index (χ1n) is 6.10. The van der Waals surface area contributed by atoms with E-state index in [2.05, 4.69) is 22.5 Å². The number of hydrogen-bond acceptors (Lipinski definition) is 3. The van der Waals surface area contributed by atoms with Gasteiger partial charge in [0.1, 0.15) is 5.69 Å². The van der Waals surface area contributed by atoms with E-state index in [0.29, 0.717) is 5.69 Å². The molecule has 4 heteroatoms. The van der Waals surface area contributed by atoms with Crippen molar-refractivity contribution in [2.75, 3.05) is 19.6 Å². The van der Waals surface area contributed by atoms with Crippen LogP contribution < -0.4 is 10.6 Å². The number of hydrogen-bond donors (Lipinski definition) is 2. The molecule has 4 nitrogen and oxygen atoms in total. The highest BCUT2D eigenvalue weighted by Gasteiger charge is 2.27. The van der Waals surface area contributed by atoms with Crippen molar-refractivity contribution in [2.45, 2.75) is 19.8 Å². The SMILES string of the molecule is CC1(CNC(=O)c2ccccn2)CCNCC1. The van der Waals surface area contributed by atoms with E-state index in [4.69, 9.17) is 0 Å². The van der Waals surface area contributed by atoms with E-state index in [1.807, 2.05) is 12.1 Å². The molecule has 1 saturated heterocycles. The molecule has 0 radical (unpaired) electrons. The van der Waals surface area contributed by atoms with Crippen molar-refractivity contribution in [3.8, 4) is 0 Å². The van der Waals surface area contributed by atoms with Crippen molar-refractivity contribution < 1.29 is 4.79 Å². The smallest absolute Gasteiger partial charge is 0.269 e. The first-order chi connectivity index (χ1) is 8.20. The Balaban J connectivity index is 1.87. The second-order valence-electron chi connectivity index (χ2n) is 4.96. The van der Waals surface area contributed by atoms with Gasteiger partial charge in [-0.15, -0.1) is 0 Å². The highest BCUT2D eigenvalue weighted by Crippen LogP contribution is 2.26. The van der Waals surface area contributed by atoms with Crippen LogP contribution in [0.4, 0.5) is 0 Å². The van der Waals surface area contributed by atoms with Gasteiger partial charge in [0, 0.05) is 12.7 Å². The van der Waals surface area contributed by atoms with E-state index in [-0.39, 0.29) is 11.3 Å². The normalized spacial score (nSPS) is 18.6. The lowest BCUT2D eigenvalue weighted by molar-refractivity contribution is 0.0917. The number of carbonyl (C=O) groups is 1. The van der Waals surface area contributed by atoms with Crippen LogP contribution in [0.2, 0.25) is 0 Å². The van der Waals surface area contributed by atoms with Gasteiger partial charge in [-0.2, -0.15) is 0 Å². The molecule has 17 heavy (non-hydrogen) atoms. The Morgan fingerprint density at radius 2 is 2.24 bits per heavy atom. The predicted octanol–water partition coefficient (Wildman–Crippen LogP) is 1.20. The summed E-state index contributed by atoms with van der Waals surface area (Å²) in [6.07, 6.45) is 3.85. The van der Waals surface area contributed by atoms with Crippen molar-refractivity contribution in [2.24, 2.45) is 5.41 Å². The van der Waals surface area contributed by atoms with Crippen molar-refractivity contribution in [1.29, 1.82) is 0 Å². The lowest BCUT2D eigenvalue weighted by Gasteiger charge is -2.34. The fourth-order valence-electron chi connectivity index (χ4n) is 2.09. The number of nitrogens with one attached hydrogen (secondary N) is 2. The monoisotopic (exact) mass is 233 g/mol. The fraction of sp³-hybridized carbons (Fsp3) is 0.538. The molecule has 2 heterocycles. The van der Waals surface area contributed by atoms with Crippen LogP contribution in [-0.2, 0) is 0 Å². The second-order valence-corrected chi connectivity index (χ2v) is 4.96. The van der Waals surface area contributed by atoms with Crippen molar-refractivity contribution in [1.82, 2.24) is 15.6 Å². The first-order valence-corrected chi connectivity index (χ1v) is 6.10. The number of carbonyl (C=O) groups excluding carboxylic acids is 1. The number of piperidine rings is 1. The van der Waals surface area contributed by atoms with E-state index in [1.54, 1.807) is 12.3 Å². The van der Waals surface area contributed by atoms with Gasteiger partial charge in [0.2, 0.25) is 0 Å². The molecule has 92 valence electrons. The van der Waals surface area contributed by atoms with Gasteiger partial charge in [-0.05, 0) is 43.5 Å². The van der Waals surface area contributed by atoms with Crippen molar-refractivity contribution in [3.05, 3.63) is 30.1 Å². The van der Waals surface area contributed by atoms with Crippen LogP contribution in [0.5, 0.6) is 0 Å². The Hall–Kier alpha value is -1.42. The summed E-state index contributed by atoms with van der Waals surface area (Å²) in [4.78, 5) is 15.9. The Bertz CT molecular complexity index is 372. The van der Waals surface area contributed by atoms with Crippen LogP contribution >= 0.6 is 0 Å². The molecule has 1 amide bonds. The van der Waals surface area contributed by atoms with Crippen molar-refractivity contribution in [3.63, 3.8) is 0 Å². The molecule has 2 N–H and O–H groups in total. The average molecular weight is 233 g/mol. The van der Waals surface area contributed by atoms with Gasteiger partial charge >= 0.3 is 0 Å². The molecule has 0 atom stereocenters. The zero-order valence-electron chi connectivity index (χ0n) is 10.2. The third-order valence-electron chi connectivity index (χ3n) is 3.38. The summed E-state index contributed by atoms with van der Waals surface area (Å²) in [5.41, 5.74) is 0.709. The minimum absolute atomic E-state index is 0.0784. The van der Waals surface area contributed by atoms with Gasteiger partial charge in [-0.1, -0.05) is 13.0 Å². The summed E-state index contributed by atoms with van der Waals surface area (Å²) in [5, 5.41) is 6.31. The summed E-state index contributed by atoms with van der Waals surface area (Å²) < 4.78 is 0. The van der Waals surface area contributed by atoms with Crippen LogP contribution in [0.15, 0.2) is 24.4 Å². The lowest BCUT2D eigenvalue weighted by Crippen LogP contribution is -2.43. The maximum absolute atomic E-state index is 11.8. The van der Waals surface area contributed by atoms with Gasteiger partial charge in [0.05, 0.1) is 0 Å². The summed E-state index contributed by atoms with van der Waals surface area (Å²) in [7, 11) is 0. The second kappa shape index (κ2) is 5.27. The highest BCUT2D eigenvalue weighted by atomic mass is 16.1. The van der Waals surface area contributed by atoms with E-state index in [0.717, 1.165) is 32.5 Å². The molecule has 0 aromatic carbocycles. The molecule has 0 unspecified atom stereocenters. The largest absolute Gasteiger partial charge is 0.350 e. The summed E-state index contributed by atoms with van der Waals surface area (Å²) >= 11 is 0. The van der Waals surface area contributed by atoms with Gasteiger partial charge in [-0.3, -0.25) is 9.78 Å². The zero-order valence-corrected chi connectivity index (χ0v) is 10.2. The van der Waals surface area contributed by atoms with E-state index in [1.165, 1.54) is 0 Å². The molecule has 1 aromatic rings. The number of aromatic nitrogens is 1. The van der Waals surface area contributed by atoms with Crippen LogP contribution in [-0.4, -0.2) is 30.5 Å². The maximum Gasteiger partial charge on any atom is 0.269 e. The van der Waals surface area contributed by atoms with Gasteiger partial charge < -0.3 is 10.6 Å². The molecule has 1 fully saturated rings. The third-order valence-corrected chi connectivity index (χ3v) is 3.38. The summed E-state index contributed by atoms with van der Waals surface area (Å²) in [6, 6.07) is 5.37. The zero-order chi connectivity index (χ0) is 12.1. The topological polar surface area (TPSA) is 54.0 Å². The van der Waals surface area contributed by atoms with E-state index < -0.39 is 0 Å². The molecule has 0 saturated carbocycles. The van der Waals surface area contributed by atoms with E-state index in [9.17, 15) is 4.79 Å². The van der Waals surface area contributed by atoms with Gasteiger partial charge in [-0.25, -0.2) is 0 Å². The standard InChI is InChI=1S/C13H19N3O/c1-13(5-8-14-9-6-13)10-16-12(17)11-4-2-3-7-15-11/h2-4,7,14H,5-6,8-10H2,1H3,(H,16,17). The van der Waals surface area contributed by atoms with Gasteiger partial charge in [0.15, 0.2) is 0 Å². The molecule has 1 aliphatic heterocycles. The number of rotatable bonds is 3. The molecule has 0 bridgehead atoms. The molecule has 0 spiro atoms. The summed E-state index contributed by atoms with van der Waals surface area (Å²) in [5.74, 6) is -0.0784. The minimum Gasteiger partial charge on any atom is -0.350 e. The maximum atomic E-state index is 11.8. The molecular formula is C13H19N3O. The minimum atomic E-state index is -0.0784. The molecule has 2 rings (SSSR count). The van der Waals surface area contributed by atoms with Crippen LogP contribution in [0.3, 0.4) is 0 Å². The summed E-state index contributed by atoms with van der Waals surface area (Å²) in [6.45, 7) is 5.03. The molecular weight excluding hydrogens is 214 g/mol. The molecule has 1 aliphatic rings. The Kier molecular flexibility index (Phi) is 3.74. The molecule has 0 aliphatic carbocycles. The predicted molar refractivity (Wildman–Crippen MR) is 66.8 cm³/mol. The van der Waals surface area contributed by atoms with E-state index >= 15 is 0 Å². The van der Waals surface area contributed by atoms with Crippen molar-refractivity contribution >= 4 is 5.91 Å². The Morgan fingerprint density at radius 1 is 1.47 bits per heavy atom. The average Bonchev–Trinajstić information content (AvgIpc) is 2.38. The number of nitrogens with zero attached hydrogens (tertiary/aromatic N) is 1. The Morgan fingerprint density at radius 3 is 2.88 bits per heavy atom. The van der Waals surface area contributed by atoms with Gasteiger partial charge in [0.25, 0.3) is 5.91 Å². The third kappa shape index (κ3) is 3.27. The number of amides is 1. The first kappa shape index (κ1) is 12.0. The quantitative estimate of drug-likeness (QED) is 0.825. The van der Waals surface area contributed by atoms with Crippen LogP contribution in [0, 0.1) is 5.41 Å². The number of pyridine rings is 1. The Labute approximate surface area is 102 Å². The van der Waals surface area contributed by atoms with Crippen LogP contribution in [0.25, 0.3) is 0 Å². The lowest BCUT2D eigenvalue weighted by atomic mass is 9.81. The highest BCUT2D eigenvalue weighted by molar-refractivity contribution is 5.92.